The molecule has 0 saturated heterocycles. The van der Waals surface area contributed by atoms with Gasteiger partial charge in [-0.05, 0) is 49.4 Å². The van der Waals surface area contributed by atoms with Gasteiger partial charge in [-0.3, -0.25) is 9.59 Å². The monoisotopic (exact) mass is 517 g/mol. The van der Waals surface area contributed by atoms with Gasteiger partial charge in [-0.1, -0.05) is 42.5 Å². The summed E-state index contributed by atoms with van der Waals surface area (Å²) in [4.78, 5) is 26.6. The van der Waals surface area contributed by atoms with Gasteiger partial charge >= 0.3 is 0 Å². The van der Waals surface area contributed by atoms with Crippen LogP contribution in [0.25, 0.3) is 33.9 Å². The van der Waals surface area contributed by atoms with Crippen LogP contribution in [0.15, 0.2) is 101 Å². The largest absolute Gasteiger partial charge is 0.507 e. The maximum Gasteiger partial charge on any atom is 0.273 e. The van der Waals surface area contributed by atoms with Crippen LogP contribution in [0.1, 0.15) is 18.1 Å². The number of phenolic OH excluding ortho intramolecular Hbond substituents is 1. The van der Waals surface area contributed by atoms with Crippen molar-refractivity contribution in [1.29, 1.82) is 0 Å². The zero-order valence-electron chi connectivity index (χ0n) is 20.9. The molecular formula is C30H23N5O4. The quantitative estimate of drug-likeness (QED) is 0.302. The third kappa shape index (κ3) is 3.88. The molecule has 1 amide bonds. The van der Waals surface area contributed by atoms with E-state index in [1.807, 2.05) is 37.3 Å². The SMILES string of the molecule is CCn1c(=O)c(C2=NNC(=O)/C2=C\c2cnn(-c3ccccc3)c2-c2ccccc2O)c(O)c2ccccc21. The van der Waals surface area contributed by atoms with Crippen LogP contribution >= 0.6 is 0 Å². The van der Waals surface area contributed by atoms with E-state index in [-0.39, 0.29) is 28.3 Å². The zero-order valence-corrected chi connectivity index (χ0v) is 20.9. The lowest BCUT2D eigenvalue weighted by atomic mass is 9.97. The molecule has 3 heterocycles. The Balaban J connectivity index is 1.58. The summed E-state index contributed by atoms with van der Waals surface area (Å²) in [7, 11) is 0. The summed E-state index contributed by atoms with van der Waals surface area (Å²) in [5, 5.41) is 31.1. The van der Waals surface area contributed by atoms with Crippen LogP contribution in [0, 0.1) is 0 Å². The molecule has 9 heteroatoms. The normalized spacial score (nSPS) is 14.1. The second-order valence-electron chi connectivity index (χ2n) is 8.96. The van der Waals surface area contributed by atoms with Crippen molar-refractivity contribution in [2.45, 2.75) is 13.5 Å². The van der Waals surface area contributed by atoms with E-state index < -0.39 is 11.5 Å². The van der Waals surface area contributed by atoms with Gasteiger partial charge in [0.15, 0.2) is 0 Å². The van der Waals surface area contributed by atoms with E-state index in [0.717, 1.165) is 5.69 Å². The molecule has 0 fully saturated rings. The van der Waals surface area contributed by atoms with E-state index in [2.05, 4.69) is 15.6 Å². The lowest BCUT2D eigenvalue weighted by molar-refractivity contribution is -0.116. The van der Waals surface area contributed by atoms with Crippen molar-refractivity contribution in [1.82, 2.24) is 19.8 Å². The topological polar surface area (TPSA) is 122 Å². The number of rotatable bonds is 5. The summed E-state index contributed by atoms with van der Waals surface area (Å²) in [5.74, 6) is -0.740. The van der Waals surface area contributed by atoms with Crippen LogP contribution in [-0.4, -0.2) is 36.2 Å². The van der Waals surface area contributed by atoms with Crippen molar-refractivity contribution < 1.29 is 15.0 Å². The number of hydrazone groups is 1. The fraction of sp³-hybridized carbons (Fsp3) is 0.0667. The molecule has 0 unspecified atom stereocenters. The second kappa shape index (κ2) is 9.46. The Morgan fingerprint density at radius 2 is 1.64 bits per heavy atom. The molecule has 0 radical (unpaired) electrons. The Morgan fingerprint density at radius 3 is 2.41 bits per heavy atom. The number of aromatic hydroxyl groups is 2. The molecule has 1 aliphatic heterocycles. The minimum absolute atomic E-state index is 0.0335. The molecule has 6 rings (SSSR count). The van der Waals surface area contributed by atoms with Crippen molar-refractivity contribution in [2.75, 3.05) is 0 Å². The number of phenols is 1. The van der Waals surface area contributed by atoms with Crippen molar-refractivity contribution in [3.63, 3.8) is 0 Å². The highest BCUT2D eigenvalue weighted by Gasteiger charge is 2.31. The third-order valence-electron chi connectivity index (χ3n) is 6.73. The summed E-state index contributed by atoms with van der Waals surface area (Å²) < 4.78 is 3.21. The Hall–Kier alpha value is -5.44. The van der Waals surface area contributed by atoms with E-state index in [9.17, 15) is 19.8 Å². The van der Waals surface area contributed by atoms with Crippen molar-refractivity contribution in [3.05, 3.63) is 112 Å². The van der Waals surface area contributed by atoms with Crippen molar-refractivity contribution in [2.24, 2.45) is 5.10 Å². The number of hydrogen-bond donors (Lipinski definition) is 3. The van der Waals surface area contributed by atoms with Gasteiger partial charge in [-0.25, -0.2) is 10.1 Å². The number of fused-ring (bicyclic) bond motifs is 1. The van der Waals surface area contributed by atoms with Crippen LogP contribution < -0.4 is 11.0 Å². The molecule has 0 saturated carbocycles. The Labute approximate surface area is 222 Å². The summed E-state index contributed by atoms with van der Waals surface area (Å²) in [6.07, 6.45) is 3.15. The van der Waals surface area contributed by atoms with Gasteiger partial charge < -0.3 is 14.8 Å². The minimum Gasteiger partial charge on any atom is -0.507 e. The average molecular weight is 518 g/mol. The molecule has 192 valence electrons. The minimum atomic E-state index is -0.532. The predicted octanol–water partition coefficient (Wildman–Crippen LogP) is 4.20. The van der Waals surface area contributed by atoms with Gasteiger partial charge in [0.05, 0.1) is 28.7 Å². The lowest BCUT2D eigenvalue weighted by Crippen LogP contribution is -2.27. The summed E-state index contributed by atoms with van der Waals surface area (Å²) in [6.45, 7) is 2.20. The molecule has 0 aliphatic carbocycles. The first-order valence-corrected chi connectivity index (χ1v) is 12.4. The van der Waals surface area contributed by atoms with Crippen molar-refractivity contribution >= 4 is 28.6 Å². The van der Waals surface area contributed by atoms with Crippen LogP contribution in [0.5, 0.6) is 11.5 Å². The van der Waals surface area contributed by atoms with Gasteiger partial charge in [-0.15, -0.1) is 0 Å². The van der Waals surface area contributed by atoms with E-state index in [4.69, 9.17) is 0 Å². The first kappa shape index (κ1) is 23.9. The van der Waals surface area contributed by atoms with Crippen LogP contribution in [0.4, 0.5) is 0 Å². The number of pyridine rings is 1. The number of carbonyl (C=O) groups is 1. The molecule has 0 bridgehead atoms. The summed E-state index contributed by atoms with van der Waals surface area (Å²) in [6, 6.07) is 23.3. The van der Waals surface area contributed by atoms with Gasteiger partial charge in [0.25, 0.3) is 11.5 Å². The highest BCUT2D eigenvalue weighted by Crippen LogP contribution is 2.35. The number of para-hydroxylation sites is 3. The van der Waals surface area contributed by atoms with E-state index >= 15 is 0 Å². The van der Waals surface area contributed by atoms with E-state index in [0.29, 0.717) is 34.3 Å². The highest BCUT2D eigenvalue weighted by molar-refractivity contribution is 6.34. The number of hydrogen-bond acceptors (Lipinski definition) is 6. The number of nitrogens with one attached hydrogen (secondary N) is 1. The maximum atomic E-state index is 13.6. The molecule has 3 N–H and O–H groups in total. The molecule has 2 aromatic heterocycles. The smallest absolute Gasteiger partial charge is 0.273 e. The Bertz CT molecular complexity index is 1880. The molecule has 9 nitrogen and oxygen atoms in total. The highest BCUT2D eigenvalue weighted by atomic mass is 16.3. The first-order valence-electron chi connectivity index (χ1n) is 12.4. The van der Waals surface area contributed by atoms with Crippen LogP contribution in [0.2, 0.25) is 0 Å². The zero-order chi connectivity index (χ0) is 27.1. The lowest BCUT2D eigenvalue weighted by Gasteiger charge is -2.14. The molecule has 5 aromatic rings. The standard InChI is InChI=1S/C30H23N5O4/c1-2-34-23-14-8-6-12-20(23)28(37)25(30(34)39)26-22(29(38)33-32-26)16-18-17-31-35(19-10-4-3-5-11-19)27(18)21-13-7-9-15-24(21)36/h3-17,36-37H,2H2,1H3,(H,33,38)/b22-16-. The van der Waals surface area contributed by atoms with Gasteiger partial charge in [0.1, 0.15) is 22.8 Å². The number of benzene rings is 3. The number of aryl methyl sites for hydroxylation is 1. The average Bonchev–Trinajstić information content (AvgIpc) is 3.53. The number of aromatic nitrogens is 3. The number of amides is 1. The summed E-state index contributed by atoms with van der Waals surface area (Å²) >= 11 is 0. The third-order valence-corrected chi connectivity index (χ3v) is 6.73. The fourth-order valence-corrected chi connectivity index (χ4v) is 4.91. The second-order valence-corrected chi connectivity index (χ2v) is 8.96. The maximum absolute atomic E-state index is 13.6. The first-order chi connectivity index (χ1) is 19.0. The Kier molecular flexibility index (Phi) is 5.80. The number of nitrogens with zero attached hydrogens (tertiary/aromatic N) is 4. The van der Waals surface area contributed by atoms with Crippen LogP contribution in [-0.2, 0) is 11.3 Å². The fourth-order valence-electron chi connectivity index (χ4n) is 4.91. The van der Waals surface area contributed by atoms with Crippen LogP contribution in [0.3, 0.4) is 0 Å². The van der Waals surface area contributed by atoms with Gasteiger partial charge in [0.2, 0.25) is 0 Å². The van der Waals surface area contributed by atoms with E-state index in [1.54, 1.807) is 65.5 Å². The molecule has 3 aromatic carbocycles. The molecule has 39 heavy (non-hydrogen) atoms. The predicted molar refractivity (Wildman–Crippen MR) is 149 cm³/mol. The number of carbonyl (C=O) groups excluding carboxylic acids is 1. The molecular weight excluding hydrogens is 494 g/mol. The molecule has 0 spiro atoms. The van der Waals surface area contributed by atoms with E-state index in [1.165, 1.54) is 4.57 Å². The van der Waals surface area contributed by atoms with Gasteiger partial charge in [-0.2, -0.15) is 10.2 Å². The Morgan fingerprint density at radius 1 is 0.923 bits per heavy atom. The van der Waals surface area contributed by atoms with Gasteiger partial charge in [0, 0.05) is 23.1 Å². The summed E-state index contributed by atoms with van der Waals surface area (Å²) in [5.41, 5.74) is 4.91. The molecule has 1 aliphatic rings. The van der Waals surface area contributed by atoms with Crippen molar-refractivity contribution in [3.8, 4) is 28.4 Å². The molecule has 0 atom stereocenters.